The van der Waals surface area contributed by atoms with E-state index in [1.165, 1.54) is 0 Å². The third kappa shape index (κ3) is 4.64. The second-order valence-electron chi connectivity index (χ2n) is 7.67. The van der Waals surface area contributed by atoms with E-state index in [1.807, 2.05) is 66.7 Å². The first-order chi connectivity index (χ1) is 16.1. The molecule has 168 valence electrons. The van der Waals surface area contributed by atoms with Crippen molar-refractivity contribution in [1.82, 2.24) is 4.57 Å². The normalized spacial score (nSPS) is 12.2. The maximum atomic E-state index is 15.2. The first-order valence-corrected chi connectivity index (χ1v) is 12.4. The fourth-order valence-corrected chi connectivity index (χ4v) is 7.23. The SMILES string of the molecule is COc1ccc(P(=O)(c2ccc(OC)cc2)[C@@H](CC(=O)n2cccc2)c2ccccc2)cc1. The topological polar surface area (TPSA) is 57.5 Å². The maximum absolute atomic E-state index is 15.2. The van der Waals surface area contributed by atoms with Gasteiger partial charge in [0.05, 0.1) is 19.9 Å². The lowest BCUT2D eigenvalue weighted by Crippen LogP contribution is -2.24. The van der Waals surface area contributed by atoms with Crippen molar-refractivity contribution in [1.29, 1.82) is 0 Å². The third-order valence-corrected chi connectivity index (χ3v) is 9.28. The predicted molar refractivity (Wildman–Crippen MR) is 132 cm³/mol. The number of methoxy groups -OCH3 is 2. The Morgan fingerprint density at radius 2 is 1.24 bits per heavy atom. The molecule has 4 rings (SSSR count). The monoisotopic (exact) mass is 459 g/mol. The van der Waals surface area contributed by atoms with Crippen molar-refractivity contribution in [3.05, 3.63) is 109 Å². The Morgan fingerprint density at radius 1 is 0.758 bits per heavy atom. The van der Waals surface area contributed by atoms with E-state index >= 15 is 4.57 Å². The number of hydrogen-bond donors (Lipinski definition) is 0. The van der Waals surface area contributed by atoms with Gasteiger partial charge in [0.1, 0.15) is 11.5 Å². The van der Waals surface area contributed by atoms with Crippen molar-refractivity contribution in [3.63, 3.8) is 0 Å². The van der Waals surface area contributed by atoms with Gasteiger partial charge in [-0.05, 0) is 66.2 Å². The lowest BCUT2D eigenvalue weighted by molar-refractivity contribution is 0.0901. The molecule has 0 saturated heterocycles. The van der Waals surface area contributed by atoms with E-state index in [9.17, 15) is 4.79 Å². The van der Waals surface area contributed by atoms with Crippen molar-refractivity contribution in [3.8, 4) is 11.5 Å². The molecular formula is C27H26NO4P. The van der Waals surface area contributed by atoms with Gasteiger partial charge in [0.2, 0.25) is 5.91 Å². The van der Waals surface area contributed by atoms with Crippen molar-refractivity contribution in [2.45, 2.75) is 12.1 Å². The zero-order valence-corrected chi connectivity index (χ0v) is 19.5. The molecule has 0 aliphatic carbocycles. The maximum Gasteiger partial charge on any atom is 0.231 e. The molecular weight excluding hydrogens is 433 g/mol. The highest BCUT2D eigenvalue weighted by atomic mass is 31.2. The first-order valence-electron chi connectivity index (χ1n) is 10.7. The zero-order chi connectivity index (χ0) is 23.3. The van der Waals surface area contributed by atoms with Crippen LogP contribution >= 0.6 is 7.14 Å². The Balaban J connectivity index is 1.89. The number of aromatic nitrogens is 1. The average Bonchev–Trinajstić information content (AvgIpc) is 3.43. The lowest BCUT2D eigenvalue weighted by atomic mass is 10.1. The molecule has 5 nitrogen and oxygen atoms in total. The smallest absolute Gasteiger partial charge is 0.231 e. The van der Waals surface area contributed by atoms with Crippen LogP contribution in [-0.2, 0) is 4.57 Å². The van der Waals surface area contributed by atoms with E-state index in [2.05, 4.69) is 0 Å². The molecule has 3 aromatic carbocycles. The highest BCUT2D eigenvalue weighted by Crippen LogP contribution is 2.59. The molecule has 0 saturated carbocycles. The summed E-state index contributed by atoms with van der Waals surface area (Å²) in [5.74, 6) is 1.25. The molecule has 0 bridgehead atoms. The summed E-state index contributed by atoms with van der Waals surface area (Å²) >= 11 is 0. The Bertz CT molecular complexity index is 1180. The van der Waals surface area contributed by atoms with Crippen LogP contribution in [0.15, 0.2) is 103 Å². The van der Waals surface area contributed by atoms with Crippen LogP contribution in [0.25, 0.3) is 0 Å². The standard InChI is InChI=1S/C27H26NO4P/c1-31-22-10-14-24(15-11-22)33(30,25-16-12-23(32-2)13-17-25)26(21-8-4-3-5-9-21)20-27(29)28-18-6-7-19-28/h3-19,26H,20H2,1-2H3/t26-/m0/s1. The van der Waals surface area contributed by atoms with Gasteiger partial charge >= 0.3 is 0 Å². The summed E-state index contributed by atoms with van der Waals surface area (Å²) in [4.78, 5) is 13.2. The molecule has 33 heavy (non-hydrogen) atoms. The van der Waals surface area contributed by atoms with Gasteiger partial charge in [-0.25, -0.2) is 0 Å². The van der Waals surface area contributed by atoms with Crippen LogP contribution in [0.3, 0.4) is 0 Å². The average molecular weight is 459 g/mol. The highest BCUT2D eigenvalue weighted by Gasteiger charge is 2.39. The first kappa shape index (κ1) is 22.6. The van der Waals surface area contributed by atoms with Crippen LogP contribution in [0.4, 0.5) is 0 Å². The van der Waals surface area contributed by atoms with Crippen LogP contribution in [0.2, 0.25) is 0 Å². The molecule has 6 heteroatoms. The Kier molecular flexibility index (Phi) is 6.81. The molecule has 0 aliphatic heterocycles. The summed E-state index contributed by atoms with van der Waals surface area (Å²) in [5, 5.41) is 1.34. The Hall–Kier alpha value is -3.56. The molecule has 1 atom stereocenters. The van der Waals surface area contributed by atoms with Crippen molar-refractivity contribution in [2.75, 3.05) is 14.2 Å². The molecule has 0 N–H and O–H groups in total. The number of ether oxygens (including phenoxy) is 2. The van der Waals surface area contributed by atoms with Crippen LogP contribution in [0.1, 0.15) is 22.4 Å². The number of hydrogen-bond acceptors (Lipinski definition) is 4. The van der Waals surface area contributed by atoms with Gasteiger partial charge in [0, 0.05) is 29.4 Å². The van der Waals surface area contributed by atoms with Crippen LogP contribution in [-0.4, -0.2) is 24.7 Å². The van der Waals surface area contributed by atoms with E-state index in [-0.39, 0.29) is 12.3 Å². The molecule has 0 spiro atoms. The quantitative estimate of drug-likeness (QED) is 0.336. The number of benzene rings is 3. The molecule has 0 fully saturated rings. The van der Waals surface area contributed by atoms with Gasteiger partial charge in [-0.15, -0.1) is 0 Å². The minimum Gasteiger partial charge on any atom is -0.497 e. The van der Waals surface area contributed by atoms with Crippen LogP contribution in [0.5, 0.6) is 11.5 Å². The summed E-state index contributed by atoms with van der Waals surface area (Å²) in [6, 6.07) is 27.8. The van der Waals surface area contributed by atoms with Gasteiger partial charge in [-0.2, -0.15) is 0 Å². The second-order valence-corrected chi connectivity index (χ2v) is 10.6. The predicted octanol–water partition coefficient (Wildman–Crippen LogP) is 5.29. The van der Waals surface area contributed by atoms with Crippen molar-refractivity contribution < 1.29 is 18.8 Å². The van der Waals surface area contributed by atoms with Crippen molar-refractivity contribution in [2.24, 2.45) is 0 Å². The number of carbonyl (C=O) groups excluding carboxylic acids is 1. The van der Waals surface area contributed by atoms with Gasteiger partial charge in [0.15, 0.2) is 7.14 Å². The largest absolute Gasteiger partial charge is 0.497 e. The number of rotatable bonds is 8. The Labute approximate surface area is 194 Å². The summed E-state index contributed by atoms with van der Waals surface area (Å²) < 4.78 is 27.3. The number of nitrogens with zero attached hydrogens (tertiary/aromatic N) is 1. The van der Waals surface area contributed by atoms with E-state index in [4.69, 9.17) is 9.47 Å². The summed E-state index contributed by atoms with van der Waals surface area (Å²) in [6.07, 6.45) is 3.53. The molecule has 0 aliphatic rings. The molecule has 0 unspecified atom stereocenters. The van der Waals surface area contributed by atoms with E-state index in [0.29, 0.717) is 22.1 Å². The van der Waals surface area contributed by atoms with Gasteiger partial charge in [0.25, 0.3) is 0 Å². The van der Waals surface area contributed by atoms with Crippen LogP contribution < -0.4 is 20.1 Å². The minimum atomic E-state index is -3.32. The molecule has 1 heterocycles. The summed E-state index contributed by atoms with van der Waals surface area (Å²) in [7, 11) is -0.122. The lowest BCUT2D eigenvalue weighted by Gasteiger charge is -2.29. The Morgan fingerprint density at radius 3 is 1.70 bits per heavy atom. The van der Waals surface area contributed by atoms with E-state index in [0.717, 1.165) is 5.56 Å². The fraction of sp³-hybridized carbons (Fsp3) is 0.148. The number of carbonyl (C=O) groups is 1. The molecule has 0 radical (unpaired) electrons. The molecule has 1 aromatic heterocycles. The van der Waals surface area contributed by atoms with E-state index in [1.54, 1.807) is 55.4 Å². The van der Waals surface area contributed by atoms with Crippen LogP contribution in [0, 0.1) is 0 Å². The van der Waals surface area contributed by atoms with Gasteiger partial charge in [-0.3, -0.25) is 9.36 Å². The third-order valence-electron chi connectivity index (χ3n) is 5.80. The molecule has 4 aromatic rings. The molecule has 0 amide bonds. The van der Waals surface area contributed by atoms with E-state index < -0.39 is 12.8 Å². The minimum absolute atomic E-state index is 0.0913. The summed E-state index contributed by atoms with van der Waals surface area (Å²) in [5.41, 5.74) is 0.309. The zero-order valence-electron chi connectivity index (χ0n) is 18.6. The van der Waals surface area contributed by atoms with Gasteiger partial charge < -0.3 is 14.0 Å². The fourth-order valence-electron chi connectivity index (χ4n) is 4.02. The van der Waals surface area contributed by atoms with Gasteiger partial charge in [-0.1, -0.05) is 30.3 Å². The van der Waals surface area contributed by atoms with Crippen molar-refractivity contribution >= 4 is 23.7 Å². The summed E-state index contributed by atoms with van der Waals surface area (Å²) in [6.45, 7) is 0. The second kappa shape index (κ2) is 9.93. The highest BCUT2D eigenvalue weighted by molar-refractivity contribution is 7.79.